The van der Waals surface area contributed by atoms with Crippen molar-refractivity contribution in [3.63, 3.8) is 0 Å². The molecular weight excluding hydrogens is 237 g/mol. The molecule has 0 spiro atoms. The molecule has 2 heteroatoms. The third-order valence-electron chi connectivity index (χ3n) is 3.98. The number of benzene rings is 1. The molecule has 0 heterocycles. The molecule has 0 aliphatic rings. The van der Waals surface area contributed by atoms with Crippen molar-refractivity contribution in [2.24, 2.45) is 11.8 Å². The fraction of sp³-hybridized carbons (Fsp3) is 0.647. The summed E-state index contributed by atoms with van der Waals surface area (Å²) in [6.45, 7) is 12.0. The minimum absolute atomic E-state index is 0.128. The molecule has 0 aromatic heterocycles. The molecular formula is C17H28FN. The lowest BCUT2D eigenvalue weighted by Gasteiger charge is -2.29. The average Bonchev–Trinajstić information content (AvgIpc) is 2.36. The quantitative estimate of drug-likeness (QED) is 0.773. The van der Waals surface area contributed by atoms with E-state index in [2.05, 4.69) is 39.9 Å². The SMILES string of the molecule is CCCNC(C)C(Cc1cc(F)ccc1C)C(C)C. The lowest BCUT2D eigenvalue weighted by Crippen LogP contribution is -2.37. The molecule has 0 amide bonds. The number of aryl methyl sites for hydroxylation is 1. The Morgan fingerprint density at radius 1 is 1.21 bits per heavy atom. The van der Waals surface area contributed by atoms with Crippen LogP contribution in [-0.4, -0.2) is 12.6 Å². The Kier molecular flexibility index (Phi) is 6.50. The van der Waals surface area contributed by atoms with Crippen LogP contribution in [0, 0.1) is 24.6 Å². The van der Waals surface area contributed by atoms with Crippen LogP contribution in [0.1, 0.15) is 45.2 Å². The van der Waals surface area contributed by atoms with Crippen molar-refractivity contribution in [2.45, 2.75) is 53.5 Å². The third-order valence-corrected chi connectivity index (χ3v) is 3.98. The van der Waals surface area contributed by atoms with E-state index in [0.717, 1.165) is 24.9 Å². The maximum Gasteiger partial charge on any atom is 0.123 e. The smallest absolute Gasteiger partial charge is 0.123 e. The van der Waals surface area contributed by atoms with E-state index >= 15 is 0 Å². The molecule has 19 heavy (non-hydrogen) atoms. The second-order valence-corrected chi connectivity index (χ2v) is 5.93. The highest BCUT2D eigenvalue weighted by atomic mass is 19.1. The molecule has 108 valence electrons. The van der Waals surface area contributed by atoms with E-state index in [1.807, 2.05) is 6.07 Å². The van der Waals surface area contributed by atoms with Gasteiger partial charge in [-0.2, -0.15) is 0 Å². The Hall–Kier alpha value is -0.890. The van der Waals surface area contributed by atoms with Gasteiger partial charge in [0.1, 0.15) is 5.82 Å². The highest BCUT2D eigenvalue weighted by Gasteiger charge is 2.21. The van der Waals surface area contributed by atoms with Gasteiger partial charge in [0.2, 0.25) is 0 Å². The normalized spacial score (nSPS) is 14.7. The van der Waals surface area contributed by atoms with Crippen LogP contribution in [0.4, 0.5) is 4.39 Å². The summed E-state index contributed by atoms with van der Waals surface area (Å²) in [6.07, 6.45) is 2.09. The summed E-state index contributed by atoms with van der Waals surface area (Å²) in [5.41, 5.74) is 2.33. The summed E-state index contributed by atoms with van der Waals surface area (Å²) in [5.74, 6) is 0.992. The first-order chi connectivity index (χ1) is 8.95. The van der Waals surface area contributed by atoms with Gasteiger partial charge in [0.05, 0.1) is 0 Å². The van der Waals surface area contributed by atoms with E-state index in [-0.39, 0.29) is 5.82 Å². The van der Waals surface area contributed by atoms with Crippen molar-refractivity contribution in [3.05, 3.63) is 35.1 Å². The fourth-order valence-corrected chi connectivity index (χ4v) is 2.63. The summed E-state index contributed by atoms with van der Waals surface area (Å²) >= 11 is 0. The van der Waals surface area contributed by atoms with Crippen molar-refractivity contribution >= 4 is 0 Å². The van der Waals surface area contributed by atoms with Crippen LogP contribution < -0.4 is 5.32 Å². The predicted molar refractivity (Wildman–Crippen MR) is 80.9 cm³/mol. The van der Waals surface area contributed by atoms with Gasteiger partial charge in [0.15, 0.2) is 0 Å². The van der Waals surface area contributed by atoms with Gasteiger partial charge in [-0.05, 0) is 68.3 Å². The Bertz CT molecular complexity index is 387. The van der Waals surface area contributed by atoms with Gasteiger partial charge in [-0.25, -0.2) is 4.39 Å². The van der Waals surface area contributed by atoms with Crippen LogP contribution >= 0.6 is 0 Å². The molecule has 0 fully saturated rings. The maximum atomic E-state index is 13.4. The summed E-state index contributed by atoms with van der Waals surface area (Å²) in [5, 5.41) is 3.57. The molecule has 1 nitrogen and oxygen atoms in total. The molecule has 1 aromatic rings. The van der Waals surface area contributed by atoms with Crippen molar-refractivity contribution in [2.75, 3.05) is 6.54 Å². The first-order valence-electron chi connectivity index (χ1n) is 7.44. The molecule has 0 aliphatic carbocycles. The van der Waals surface area contributed by atoms with Crippen LogP contribution in [0.25, 0.3) is 0 Å². The summed E-state index contributed by atoms with van der Waals surface area (Å²) in [4.78, 5) is 0. The number of halogens is 1. The molecule has 0 radical (unpaired) electrons. The Labute approximate surface area is 117 Å². The van der Waals surface area contributed by atoms with Gasteiger partial charge in [-0.15, -0.1) is 0 Å². The Balaban J connectivity index is 2.80. The van der Waals surface area contributed by atoms with E-state index in [9.17, 15) is 4.39 Å². The minimum Gasteiger partial charge on any atom is -0.314 e. The van der Waals surface area contributed by atoms with Crippen molar-refractivity contribution in [3.8, 4) is 0 Å². The van der Waals surface area contributed by atoms with Gasteiger partial charge in [0.25, 0.3) is 0 Å². The first-order valence-corrected chi connectivity index (χ1v) is 7.44. The highest BCUT2D eigenvalue weighted by molar-refractivity contribution is 5.27. The summed E-state index contributed by atoms with van der Waals surface area (Å²) in [7, 11) is 0. The van der Waals surface area contributed by atoms with Gasteiger partial charge in [0, 0.05) is 6.04 Å². The van der Waals surface area contributed by atoms with E-state index in [1.165, 1.54) is 5.56 Å². The van der Waals surface area contributed by atoms with Crippen molar-refractivity contribution in [1.82, 2.24) is 5.32 Å². The molecule has 1 N–H and O–H groups in total. The van der Waals surface area contributed by atoms with Crippen LogP contribution in [0.3, 0.4) is 0 Å². The molecule has 2 unspecified atom stereocenters. The Morgan fingerprint density at radius 2 is 1.89 bits per heavy atom. The monoisotopic (exact) mass is 265 g/mol. The lowest BCUT2D eigenvalue weighted by atomic mass is 9.83. The summed E-state index contributed by atoms with van der Waals surface area (Å²) in [6, 6.07) is 5.58. The predicted octanol–water partition coefficient (Wildman–Crippen LogP) is 4.34. The zero-order valence-corrected chi connectivity index (χ0v) is 13.0. The maximum absolute atomic E-state index is 13.4. The summed E-state index contributed by atoms with van der Waals surface area (Å²) < 4.78 is 13.4. The van der Waals surface area contributed by atoms with E-state index in [0.29, 0.717) is 17.9 Å². The number of nitrogens with one attached hydrogen (secondary N) is 1. The molecule has 1 rings (SSSR count). The molecule has 0 saturated heterocycles. The lowest BCUT2D eigenvalue weighted by molar-refractivity contribution is 0.288. The molecule has 1 aromatic carbocycles. The van der Waals surface area contributed by atoms with Gasteiger partial charge in [-0.3, -0.25) is 0 Å². The van der Waals surface area contributed by atoms with Crippen LogP contribution in [0.2, 0.25) is 0 Å². The van der Waals surface area contributed by atoms with Crippen molar-refractivity contribution < 1.29 is 4.39 Å². The molecule has 0 aliphatic heterocycles. The largest absolute Gasteiger partial charge is 0.314 e. The van der Waals surface area contributed by atoms with Gasteiger partial charge in [-0.1, -0.05) is 26.8 Å². The molecule has 0 bridgehead atoms. The fourth-order valence-electron chi connectivity index (χ4n) is 2.63. The first kappa shape index (κ1) is 16.2. The highest BCUT2D eigenvalue weighted by Crippen LogP contribution is 2.23. The number of hydrogen-bond acceptors (Lipinski definition) is 1. The van der Waals surface area contributed by atoms with Crippen LogP contribution in [-0.2, 0) is 6.42 Å². The standard InChI is InChI=1S/C17H28FN/c1-6-9-19-14(5)17(12(2)3)11-15-10-16(18)8-7-13(15)4/h7-8,10,12,14,17,19H,6,9,11H2,1-5H3. The third kappa shape index (κ3) is 4.94. The van der Waals surface area contributed by atoms with Crippen LogP contribution in [0.5, 0.6) is 0 Å². The second-order valence-electron chi connectivity index (χ2n) is 5.93. The van der Waals surface area contributed by atoms with Gasteiger partial charge >= 0.3 is 0 Å². The zero-order valence-electron chi connectivity index (χ0n) is 13.0. The van der Waals surface area contributed by atoms with E-state index < -0.39 is 0 Å². The second kappa shape index (κ2) is 7.64. The average molecular weight is 265 g/mol. The van der Waals surface area contributed by atoms with Crippen LogP contribution in [0.15, 0.2) is 18.2 Å². The Morgan fingerprint density at radius 3 is 2.47 bits per heavy atom. The molecule has 0 saturated carbocycles. The minimum atomic E-state index is -0.128. The number of rotatable bonds is 7. The molecule has 2 atom stereocenters. The zero-order chi connectivity index (χ0) is 14.4. The van der Waals surface area contributed by atoms with E-state index in [4.69, 9.17) is 0 Å². The van der Waals surface area contributed by atoms with Crippen molar-refractivity contribution in [1.29, 1.82) is 0 Å². The topological polar surface area (TPSA) is 12.0 Å². The van der Waals surface area contributed by atoms with Gasteiger partial charge < -0.3 is 5.32 Å². The number of hydrogen-bond donors (Lipinski definition) is 1. The van der Waals surface area contributed by atoms with E-state index in [1.54, 1.807) is 12.1 Å².